The molecule has 0 aromatic rings. The number of nitrogens with two attached hydrogens (primary N) is 1. The van der Waals surface area contributed by atoms with Crippen LogP contribution in [0.15, 0.2) is 0 Å². The summed E-state index contributed by atoms with van der Waals surface area (Å²) >= 11 is 0. The largest absolute Gasteiger partial charge is 0.326 e. The fraction of sp³-hybridized carbons (Fsp3) is 1.00. The number of nitrogens with zero attached hydrogens (tertiary/aromatic N) is 1. The molecule has 2 N–H and O–H groups in total. The first kappa shape index (κ1) is 9.47. The zero-order valence-corrected chi connectivity index (χ0v) is 8.87. The molecule has 0 aromatic carbocycles. The van der Waals surface area contributed by atoms with Crippen molar-refractivity contribution in [2.45, 2.75) is 45.2 Å². The van der Waals surface area contributed by atoms with E-state index in [1.165, 1.54) is 32.4 Å². The molecule has 0 radical (unpaired) electrons. The molecular formula is C11H22N2. The van der Waals surface area contributed by atoms with Gasteiger partial charge >= 0.3 is 0 Å². The Hall–Kier alpha value is -0.0800. The van der Waals surface area contributed by atoms with Crippen molar-refractivity contribution in [1.82, 2.24) is 4.90 Å². The maximum Gasteiger partial charge on any atom is 0.0252 e. The minimum Gasteiger partial charge on any atom is -0.326 e. The van der Waals surface area contributed by atoms with Crippen LogP contribution in [-0.2, 0) is 0 Å². The minimum atomic E-state index is 0.463. The summed E-state index contributed by atoms with van der Waals surface area (Å²) in [6.07, 6.45) is 3.98. The lowest BCUT2D eigenvalue weighted by atomic mass is 9.77. The molecule has 2 atom stereocenters. The third-order valence-corrected chi connectivity index (χ3v) is 3.74. The molecule has 2 bridgehead atoms. The predicted molar refractivity (Wildman–Crippen MR) is 55.5 cm³/mol. The van der Waals surface area contributed by atoms with E-state index in [4.69, 9.17) is 5.73 Å². The van der Waals surface area contributed by atoms with Crippen LogP contribution in [0.1, 0.15) is 33.1 Å². The van der Waals surface area contributed by atoms with Gasteiger partial charge in [-0.15, -0.1) is 0 Å². The van der Waals surface area contributed by atoms with Gasteiger partial charge in [-0.05, 0) is 44.2 Å². The first-order chi connectivity index (χ1) is 6.18. The van der Waals surface area contributed by atoms with E-state index in [0.717, 1.165) is 11.8 Å². The Kier molecular flexibility index (Phi) is 2.61. The van der Waals surface area contributed by atoms with Crippen molar-refractivity contribution in [3.05, 3.63) is 0 Å². The van der Waals surface area contributed by atoms with Gasteiger partial charge in [0.25, 0.3) is 0 Å². The molecule has 2 unspecified atom stereocenters. The van der Waals surface area contributed by atoms with Crippen molar-refractivity contribution in [3.8, 4) is 0 Å². The van der Waals surface area contributed by atoms with E-state index in [2.05, 4.69) is 18.7 Å². The van der Waals surface area contributed by atoms with Crippen LogP contribution in [0.2, 0.25) is 0 Å². The molecule has 0 saturated carbocycles. The molecule has 3 saturated heterocycles. The van der Waals surface area contributed by atoms with E-state index in [9.17, 15) is 0 Å². The van der Waals surface area contributed by atoms with Crippen LogP contribution in [0.3, 0.4) is 0 Å². The van der Waals surface area contributed by atoms with Crippen molar-refractivity contribution in [3.63, 3.8) is 0 Å². The van der Waals surface area contributed by atoms with E-state index in [1.807, 2.05) is 0 Å². The SMILES string of the molecule is CC(C)CC1C(N)C2CCN1CC2. The highest BCUT2D eigenvalue weighted by atomic mass is 15.2. The predicted octanol–water partition coefficient (Wildman–Crippen LogP) is 1.45. The van der Waals surface area contributed by atoms with E-state index in [0.29, 0.717) is 12.1 Å². The molecule has 3 aliphatic rings. The number of fused-ring (bicyclic) bond motifs is 3. The van der Waals surface area contributed by atoms with Crippen molar-refractivity contribution in [2.24, 2.45) is 17.6 Å². The molecule has 2 heteroatoms. The average molecular weight is 182 g/mol. The second-order valence-electron chi connectivity index (χ2n) is 5.15. The van der Waals surface area contributed by atoms with Gasteiger partial charge in [0.05, 0.1) is 0 Å². The minimum absolute atomic E-state index is 0.463. The van der Waals surface area contributed by atoms with Gasteiger partial charge in [-0.25, -0.2) is 0 Å². The number of piperidine rings is 3. The summed E-state index contributed by atoms with van der Waals surface area (Å²) < 4.78 is 0. The Morgan fingerprint density at radius 1 is 1.31 bits per heavy atom. The second kappa shape index (κ2) is 3.58. The van der Waals surface area contributed by atoms with Crippen LogP contribution in [0.25, 0.3) is 0 Å². The van der Waals surface area contributed by atoms with Gasteiger partial charge in [0.2, 0.25) is 0 Å². The van der Waals surface area contributed by atoms with Crippen LogP contribution in [0.5, 0.6) is 0 Å². The van der Waals surface area contributed by atoms with Crippen LogP contribution in [0.4, 0.5) is 0 Å². The van der Waals surface area contributed by atoms with Gasteiger partial charge in [0, 0.05) is 12.1 Å². The Bertz CT molecular complexity index is 169. The van der Waals surface area contributed by atoms with E-state index in [1.54, 1.807) is 0 Å². The molecule has 0 aromatic heterocycles. The topological polar surface area (TPSA) is 29.3 Å². The fourth-order valence-electron chi connectivity index (χ4n) is 2.98. The molecule has 76 valence electrons. The van der Waals surface area contributed by atoms with Crippen LogP contribution >= 0.6 is 0 Å². The average Bonchev–Trinajstić information content (AvgIpc) is 2.11. The maximum absolute atomic E-state index is 6.27. The summed E-state index contributed by atoms with van der Waals surface area (Å²) in [5.41, 5.74) is 6.27. The first-order valence-corrected chi connectivity index (χ1v) is 5.68. The molecule has 0 aliphatic carbocycles. The fourth-order valence-corrected chi connectivity index (χ4v) is 2.98. The molecule has 3 fully saturated rings. The molecule has 0 spiro atoms. The van der Waals surface area contributed by atoms with Gasteiger partial charge < -0.3 is 5.73 Å². The van der Waals surface area contributed by atoms with Gasteiger partial charge in [0.15, 0.2) is 0 Å². The molecule has 3 aliphatic heterocycles. The number of rotatable bonds is 2. The standard InChI is InChI=1S/C11H22N2/c1-8(2)7-10-11(12)9-3-5-13(10)6-4-9/h8-11H,3-7,12H2,1-2H3. The summed E-state index contributed by atoms with van der Waals surface area (Å²) in [5, 5.41) is 0. The third-order valence-electron chi connectivity index (χ3n) is 3.74. The molecule has 0 amide bonds. The maximum atomic E-state index is 6.27. The summed E-state index contributed by atoms with van der Waals surface area (Å²) in [7, 11) is 0. The van der Waals surface area contributed by atoms with Gasteiger partial charge in [-0.2, -0.15) is 0 Å². The Balaban J connectivity index is 2.01. The van der Waals surface area contributed by atoms with Crippen molar-refractivity contribution >= 4 is 0 Å². The lowest BCUT2D eigenvalue weighted by Gasteiger charge is -2.50. The van der Waals surface area contributed by atoms with E-state index >= 15 is 0 Å². The Labute approximate surface area is 81.5 Å². The lowest BCUT2D eigenvalue weighted by Crippen LogP contribution is -2.61. The summed E-state index contributed by atoms with van der Waals surface area (Å²) in [6, 6.07) is 1.15. The van der Waals surface area contributed by atoms with Crippen LogP contribution < -0.4 is 5.73 Å². The molecule has 3 heterocycles. The van der Waals surface area contributed by atoms with Crippen LogP contribution in [0, 0.1) is 11.8 Å². The molecule has 2 nitrogen and oxygen atoms in total. The smallest absolute Gasteiger partial charge is 0.0252 e. The van der Waals surface area contributed by atoms with Gasteiger partial charge in [-0.3, -0.25) is 4.90 Å². The molecule has 13 heavy (non-hydrogen) atoms. The summed E-state index contributed by atoms with van der Waals surface area (Å²) in [5.74, 6) is 1.61. The highest BCUT2D eigenvalue weighted by Gasteiger charge is 2.39. The first-order valence-electron chi connectivity index (χ1n) is 5.68. The van der Waals surface area contributed by atoms with Crippen LogP contribution in [-0.4, -0.2) is 30.1 Å². The van der Waals surface area contributed by atoms with Gasteiger partial charge in [0.1, 0.15) is 0 Å². The number of hydrogen-bond acceptors (Lipinski definition) is 2. The Morgan fingerprint density at radius 2 is 1.92 bits per heavy atom. The zero-order valence-electron chi connectivity index (χ0n) is 8.87. The number of hydrogen-bond donors (Lipinski definition) is 1. The summed E-state index contributed by atoms with van der Waals surface area (Å²) in [4.78, 5) is 2.62. The Morgan fingerprint density at radius 3 is 2.38 bits per heavy atom. The summed E-state index contributed by atoms with van der Waals surface area (Å²) in [6.45, 7) is 7.21. The monoisotopic (exact) mass is 182 g/mol. The van der Waals surface area contributed by atoms with Crippen molar-refractivity contribution in [1.29, 1.82) is 0 Å². The van der Waals surface area contributed by atoms with Gasteiger partial charge in [-0.1, -0.05) is 13.8 Å². The molecular weight excluding hydrogens is 160 g/mol. The lowest BCUT2D eigenvalue weighted by molar-refractivity contribution is 0.0184. The third kappa shape index (κ3) is 1.75. The van der Waals surface area contributed by atoms with E-state index in [-0.39, 0.29) is 0 Å². The molecule has 3 rings (SSSR count). The zero-order chi connectivity index (χ0) is 9.42. The highest BCUT2D eigenvalue weighted by Crippen LogP contribution is 2.33. The van der Waals surface area contributed by atoms with Crippen molar-refractivity contribution in [2.75, 3.05) is 13.1 Å². The highest BCUT2D eigenvalue weighted by molar-refractivity contribution is 4.97. The van der Waals surface area contributed by atoms with E-state index < -0.39 is 0 Å². The quantitative estimate of drug-likeness (QED) is 0.700. The van der Waals surface area contributed by atoms with Crippen molar-refractivity contribution < 1.29 is 0 Å². The normalized spacial score (nSPS) is 44.3. The second-order valence-corrected chi connectivity index (χ2v) is 5.15.